The number of sulfonamides is 1. The molecule has 0 aromatic heterocycles. The number of hydrazine groups is 1. The molecule has 0 saturated heterocycles. The number of rotatable bonds is 6. The lowest BCUT2D eigenvalue weighted by molar-refractivity contribution is -0.120. The van der Waals surface area contributed by atoms with Crippen molar-refractivity contribution in [1.29, 1.82) is 0 Å². The van der Waals surface area contributed by atoms with Gasteiger partial charge in [-0.1, -0.05) is 44.2 Å². The molecule has 0 saturated carbocycles. The Bertz CT molecular complexity index is 908. The largest absolute Gasteiger partial charge is 0.362 e. The van der Waals surface area contributed by atoms with Crippen LogP contribution in [0.15, 0.2) is 53.4 Å². The maximum Gasteiger partial charge on any atom is 0.257 e. The van der Waals surface area contributed by atoms with Crippen LogP contribution >= 0.6 is 0 Å². The van der Waals surface area contributed by atoms with Crippen LogP contribution in [0.3, 0.4) is 0 Å². The first-order valence-corrected chi connectivity index (χ1v) is 10.6. The second-order valence-corrected chi connectivity index (χ2v) is 8.71. The highest BCUT2D eigenvalue weighted by Gasteiger charge is 2.20. The van der Waals surface area contributed by atoms with Crippen molar-refractivity contribution in [2.45, 2.75) is 37.5 Å². The SMILES string of the molecule is CC(C)c1ccc(S(=O)(=O)NNC(=O)CN2CCCc3ccccc32)cc1. The van der Waals surface area contributed by atoms with Gasteiger partial charge in [0.05, 0.1) is 11.4 Å². The Balaban J connectivity index is 1.60. The first-order chi connectivity index (χ1) is 12.9. The summed E-state index contributed by atoms with van der Waals surface area (Å²) in [6, 6.07) is 14.6. The quantitative estimate of drug-likeness (QED) is 0.747. The third-order valence-corrected chi connectivity index (χ3v) is 5.99. The molecular formula is C20H25N3O3S. The smallest absolute Gasteiger partial charge is 0.257 e. The van der Waals surface area contributed by atoms with Gasteiger partial charge in [0, 0.05) is 12.2 Å². The van der Waals surface area contributed by atoms with Gasteiger partial charge in [0.25, 0.3) is 15.9 Å². The van der Waals surface area contributed by atoms with E-state index >= 15 is 0 Å². The molecular weight excluding hydrogens is 362 g/mol. The first-order valence-electron chi connectivity index (χ1n) is 9.10. The first kappa shape index (κ1) is 19.4. The summed E-state index contributed by atoms with van der Waals surface area (Å²) < 4.78 is 24.7. The Hall–Kier alpha value is -2.38. The van der Waals surface area contributed by atoms with E-state index in [9.17, 15) is 13.2 Å². The number of anilines is 1. The van der Waals surface area contributed by atoms with Crippen molar-refractivity contribution >= 4 is 21.6 Å². The molecule has 2 N–H and O–H groups in total. The highest BCUT2D eigenvalue weighted by molar-refractivity contribution is 7.89. The Kier molecular flexibility index (Phi) is 5.82. The zero-order valence-electron chi connectivity index (χ0n) is 15.6. The zero-order valence-corrected chi connectivity index (χ0v) is 16.4. The van der Waals surface area contributed by atoms with Crippen molar-refractivity contribution < 1.29 is 13.2 Å². The predicted octanol–water partition coefficient (Wildman–Crippen LogP) is 2.57. The molecule has 7 heteroatoms. The number of amides is 1. The molecule has 3 rings (SSSR count). The summed E-state index contributed by atoms with van der Waals surface area (Å²) in [4.78, 5) is 16.5. The number of hydrogen-bond acceptors (Lipinski definition) is 4. The van der Waals surface area contributed by atoms with Crippen LogP contribution in [-0.2, 0) is 21.2 Å². The molecule has 0 spiro atoms. The Morgan fingerprint density at radius 3 is 2.52 bits per heavy atom. The lowest BCUT2D eigenvalue weighted by Crippen LogP contribution is -2.47. The van der Waals surface area contributed by atoms with Gasteiger partial charge in [-0.2, -0.15) is 0 Å². The fourth-order valence-electron chi connectivity index (χ4n) is 3.20. The number of carbonyl (C=O) groups excluding carboxylic acids is 1. The van der Waals surface area contributed by atoms with E-state index in [0.29, 0.717) is 5.92 Å². The average molecular weight is 388 g/mol. The molecule has 0 unspecified atom stereocenters. The number of aryl methyl sites for hydroxylation is 1. The van der Waals surface area contributed by atoms with Crippen LogP contribution in [0.5, 0.6) is 0 Å². The predicted molar refractivity (Wildman–Crippen MR) is 106 cm³/mol. The maximum atomic E-state index is 12.4. The Labute approximate surface area is 160 Å². The van der Waals surface area contributed by atoms with Crippen molar-refractivity contribution in [3.05, 3.63) is 59.7 Å². The Morgan fingerprint density at radius 2 is 1.81 bits per heavy atom. The highest BCUT2D eigenvalue weighted by atomic mass is 32.2. The molecule has 1 aliphatic rings. The minimum absolute atomic E-state index is 0.103. The fraction of sp³-hybridized carbons (Fsp3) is 0.350. The third-order valence-electron chi connectivity index (χ3n) is 4.72. The molecule has 27 heavy (non-hydrogen) atoms. The average Bonchev–Trinajstić information content (AvgIpc) is 2.67. The second-order valence-electron chi connectivity index (χ2n) is 7.03. The van der Waals surface area contributed by atoms with Crippen molar-refractivity contribution in [3.8, 4) is 0 Å². The van der Waals surface area contributed by atoms with Crippen LogP contribution in [0, 0.1) is 0 Å². The summed E-state index contributed by atoms with van der Waals surface area (Å²) >= 11 is 0. The van der Waals surface area contributed by atoms with Gasteiger partial charge < -0.3 is 4.90 Å². The Morgan fingerprint density at radius 1 is 1.11 bits per heavy atom. The molecule has 1 aliphatic heterocycles. The normalized spacial score (nSPS) is 14.1. The lowest BCUT2D eigenvalue weighted by atomic mass is 10.0. The van der Waals surface area contributed by atoms with E-state index in [4.69, 9.17) is 0 Å². The number of nitrogens with zero attached hydrogens (tertiary/aromatic N) is 1. The molecule has 6 nitrogen and oxygen atoms in total. The summed E-state index contributed by atoms with van der Waals surface area (Å²) in [7, 11) is -3.80. The number of nitrogens with one attached hydrogen (secondary N) is 2. The fourth-order valence-corrected chi connectivity index (χ4v) is 4.06. The van der Waals surface area contributed by atoms with Gasteiger partial charge >= 0.3 is 0 Å². The highest BCUT2D eigenvalue weighted by Crippen LogP contribution is 2.26. The molecule has 0 aliphatic carbocycles. The third kappa shape index (κ3) is 4.67. The van der Waals surface area contributed by atoms with E-state index in [1.165, 1.54) is 5.56 Å². The van der Waals surface area contributed by atoms with E-state index in [0.717, 1.165) is 30.6 Å². The molecule has 0 radical (unpaired) electrons. The van der Waals surface area contributed by atoms with Crippen LogP contribution in [0.1, 0.15) is 37.3 Å². The van der Waals surface area contributed by atoms with Crippen LogP contribution in [0.2, 0.25) is 0 Å². The van der Waals surface area contributed by atoms with Crippen molar-refractivity contribution in [3.63, 3.8) is 0 Å². The van der Waals surface area contributed by atoms with Gasteiger partial charge in [-0.05, 0) is 48.1 Å². The number of hydrogen-bond donors (Lipinski definition) is 2. The molecule has 0 bridgehead atoms. The van der Waals surface area contributed by atoms with Gasteiger partial charge in [-0.3, -0.25) is 10.2 Å². The summed E-state index contributed by atoms with van der Waals surface area (Å²) in [5.41, 5.74) is 5.62. The van der Waals surface area contributed by atoms with E-state index in [1.54, 1.807) is 24.3 Å². The number of benzene rings is 2. The minimum Gasteiger partial charge on any atom is -0.362 e. The molecule has 144 valence electrons. The number of para-hydroxylation sites is 1. The van der Waals surface area contributed by atoms with Gasteiger partial charge in [0.15, 0.2) is 0 Å². The summed E-state index contributed by atoms with van der Waals surface area (Å²) in [5, 5.41) is 0. The lowest BCUT2D eigenvalue weighted by Gasteiger charge is -2.30. The molecule has 2 aromatic rings. The van der Waals surface area contributed by atoms with Gasteiger partial charge in [0.2, 0.25) is 0 Å². The molecule has 0 fully saturated rings. The number of carbonyl (C=O) groups is 1. The van der Waals surface area contributed by atoms with E-state index in [2.05, 4.69) is 16.3 Å². The molecule has 1 heterocycles. The monoisotopic (exact) mass is 387 g/mol. The molecule has 1 amide bonds. The van der Waals surface area contributed by atoms with E-state index in [-0.39, 0.29) is 11.4 Å². The van der Waals surface area contributed by atoms with Crippen LogP contribution in [0.25, 0.3) is 0 Å². The van der Waals surface area contributed by atoms with Crippen LogP contribution < -0.4 is 15.2 Å². The maximum absolute atomic E-state index is 12.4. The van der Waals surface area contributed by atoms with Gasteiger partial charge in [-0.25, -0.2) is 8.42 Å². The minimum atomic E-state index is -3.80. The van der Waals surface area contributed by atoms with E-state index in [1.807, 2.05) is 36.9 Å². The standard InChI is InChI=1S/C20H25N3O3S/c1-15(2)16-9-11-18(12-10-16)27(25,26)22-21-20(24)14-23-13-5-7-17-6-3-4-8-19(17)23/h3-4,6,8-12,15,22H,5,7,13-14H2,1-2H3,(H,21,24). The second kappa shape index (κ2) is 8.10. The van der Waals surface area contributed by atoms with Crippen molar-refractivity contribution in [1.82, 2.24) is 10.3 Å². The molecule has 2 aromatic carbocycles. The molecule has 0 atom stereocenters. The summed E-state index contributed by atoms with van der Waals surface area (Å²) in [6.07, 6.45) is 1.96. The van der Waals surface area contributed by atoms with Crippen molar-refractivity contribution in [2.75, 3.05) is 18.0 Å². The van der Waals surface area contributed by atoms with Gasteiger partial charge in [-0.15, -0.1) is 4.83 Å². The number of fused-ring (bicyclic) bond motifs is 1. The van der Waals surface area contributed by atoms with E-state index < -0.39 is 15.9 Å². The zero-order chi connectivity index (χ0) is 19.4. The summed E-state index contributed by atoms with van der Waals surface area (Å²) in [5.74, 6) is -0.0732. The van der Waals surface area contributed by atoms with Gasteiger partial charge in [0.1, 0.15) is 0 Å². The topological polar surface area (TPSA) is 78.5 Å². The van der Waals surface area contributed by atoms with Crippen molar-refractivity contribution in [2.24, 2.45) is 0 Å². The van der Waals surface area contributed by atoms with Crippen LogP contribution in [0.4, 0.5) is 5.69 Å². The summed E-state index contributed by atoms with van der Waals surface area (Å²) in [6.45, 7) is 4.96. The van der Waals surface area contributed by atoms with Crippen LogP contribution in [-0.4, -0.2) is 27.4 Å².